The second-order valence-electron chi connectivity index (χ2n) is 4.25. The molecule has 0 fully saturated rings. The molecule has 0 spiro atoms. The topological polar surface area (TPSA) is 64.7 Å². The first kappa shape index (κ1) is 13.0. The van der Waals surface area contributed by atoms with Crippen molar-refractivity contribution >= 4 is 11.8 Å². The highest BCUT2D eigenvalue weighted by Crippen LogP contribution is 2.24. The van der Waals surface area contributed by atoms with Crippen LogP contribution in [0, 0.1) is 13.8 Å². The van der Waals surface area contributed by atoms with Gasteiger partial charge in [0.15, 0.2) is 5.16 Å². The lowest BCUT2D eigenvalue weighted by Gasteiger charge is -2.07. The highest BCUT2D eigenvalue weighted by atomic mass is 32.2. The van der Waals surface area contributed by atoms with Crippen molar-refractivity contribution in [3.8, 4) is 0 Å². The molecular formula is C13H16N4S. The van der Waals surface area contributed by atoms with Crippen molar-refractivity contribution in [3.05, 3.63) is 41.3 Å². The summed E-state index contributed by atoms with van der Waals surface area (Å²) in [6, 6.07) is 5.87. The molecule has 0 bridgehead atoms. The van der Waals surface area contributed by atoms with Crippen LogP contribution in [-0.2, 0) is 0 Å². The Morgan fingerprint density at radius 1 is 1.17 bits per heavy atom. The van der Waals surface area contributed by atoms with Crippen LogP contribution < -0.4 is 5.73 Å². The van der Waals surface area contributed by atoms with Crippen molar-refractivity contribution in [1.82, 2.24) is 15.0 Å². The van der Waals surface area contributed by atoms with E-state index in [1.807, 2.05) is 39.0 Å². The average molecular weight is 260 g/mol. The van der Waals surface area contributed by atoms with Crippen LogP contribution in [0.5, 0.6) is 0 Å². The normalized spacial score (nSPS) is 12.4. The van der Waals surface area contributed by atoms with Gasteiger partial charge in [0.1, 0.15) is 5.03 Å². The van der Waals surface area contributed by atoms with Gasteiger partial charge in [0, 0.05) is 23.6 Å². The molecule has 0 saturated carbocycles. The Morgan fingerprint density at radius 2 is 1.83 bits per heavy atom. The second-order valence-corrected chi connectivity index (χ2v) is 5.24. The molecule has 94 valence electrons. The van der Waals surface area contributed by atoms with Gasteiger partial charge in [-0.05, 0) is 56.3 Å². The minimum atomic E-state index is 0.00696. The molecule has 2 aromatic heterocycles. The summed E-state index contributed by atoms with van der Waals surface area (Å²) in [7, 11) is 0. The highest BCUT2D eigenvalue weighted by Gasteiger charge is 2.06. The number of nitrogens with two attached hydrogens (primary N) is 1. The van der Waals surface area contributed by atoms with E-state index in [4.69, 9.17) is 5.73 Å². The summed E-state index contributed by atoms with van der Waals surface area (Å²) in [6.45, 7) is 5.88. The van der Waals surface area contributed by atoms with E-state index in [0.717, 1.165) is 27.1 Å². The van der Waals surface area contributed by atoms with Gasteiger partial charge in [0.25, 0.3) is 0 Å². The summed E-state index contributed by atoms with van der Waals surface area (Å²) in [5, 5.41) is 1.59. The molecule has 2 heterocycles. The number of rotatable bonds is 3. The molecule has 2 N–H and O–H groups in total. The van der Waals surface area contributed by atoms with E-state index < -0.39 is 0 Å². The van der Waals surface area contributed by atoms with Crippen LogP contribution >= 0.6 is 11.8 Å². The number of hydrogen-bond donors (Lipinski definition) is 1. The predicted octanol–water partition coefficient (Wildman–Crippen LogP) is 2.66. The van der Waals surface area contributed by atoms with Crippen molar-refractivity contribution in [2.45, 2.75) is 37.0 Å². The van der Waals surface area contributed by atoms with E-state index in [9.17, 15) is 0 Å². The maximum atomic E-state index is 5.86. The fraction of sp³-hybridized carbons (Fsp3) is 0.308. The summed E-state index contributed by atoms with van der Waals surface area (Å²) in [6.07, 6.45) is 1.77. The molecule has 1 atom stereocenters. The maximum Gasteiger partial charge on any atom is 0.194 e. The molecule has 0 aliphatic heterocycles. The summed E-state index contributed by atoms with van der Waals surface area (Å²) in [5.74, 6) is 0. The van der Waals surface area contributed by atoms with Gasteiger partial charge in [0.2, 0.25) is 0 Å². The number of nitrogens with zero attached hydrogens (tertiary/aromatic N) is 3. The van der Waals surface area contributed by atoms with Crippen LogP contribution in [0.2, 0.25) is 0 Å². The van der Waals surface area contributed by atoms with Gasteiger partial charge < -0.3 is 5.73 Å². The Labute approximate surface area is 111 Å². The minimum absolute atomic E-state index is 0.00696. The molecular weight excluding hydrogens is 244 g/mol. The van der Waals surface area contributed by atoms with Gasteiger partial charge in [-0.15, -0.1) is 0 Å². The minimum Gasteiger partial charge on any atom is -0.324 e. The van der Waals surface area contributed by atoms with Gasteiger partial charge in [-0.25, -0.2) is 15.0 Å². The van der Waals surface area contributed by atoms with Gasteiger partial charge >= 0.3 is 0 Å². The van der Waals surface area contributed by atoms with Crippen LogP contribution in [0.1, 0.15) is 29.9 Å². The summed E-state index contributed by atoms with van der Waals surface area (Å²) >= 11 is 1.46. The van der Waals surface area contributed by atoms with Crippen molar-refractivity contribution in [2.75, 3.05) is 0 Å². The molecule has 0 unspecified atom stereocenters. The summed E-state index contributed by atoms with van der Waals surface area (Å²) in [5.41, 5.74) is 8.85. The van der Waals surface area contributed by atoms with E-state index in [1.54, 1.807) is 6.20 Å². The lowest BCUT2D eigenvalue weighted by Crippen LogP contribution is -2.05. The Bertz CT molecular complexity index is 534. The molecule has 0 amide bonds. The highest BCUT2D eigenvalue weighted by molar-refractivity contribution is 7.99. The number of aryl methyl sites for hydroxylation is 2. The summed E-state index contributed by atoms with van der Waals surface area (Å²) < 4.78 is 0. The van der Waals surface area contributed by atoms with E-state index in [2.05, 4.69) is 15.0 Å². The van der Waals surface area contributed by atoms with Crippen LogP contribution in [0.15, 0.2) is 34.6 Å². The van der Waals surface area contributed by atoms with E-state index in [-0.39, 0.29) is 6.04 Å². The van der Waals surface area contributed by atoms with E-state index in [0.29, 0.717) is 0 Å². The monoisotopic (exact) mass is 260 g/mol. The molecule has 5 heteroatoms. The molecule has 4 nitrogen and oxygen atoms in total. The lowest BCUT2D eigenvalue weighted by molar-refractivity contribution is 0.807. The third-order valence-corrected chi connectivity index (χ3v) is 3.24. The molecule has 0 aliphatic rings. The molecule has 2 rings (SSSR count). The Hall–Kier alpha value is -1.46. The quantitative estimate of drug-likeness (QED) is 0.859. The largest absolute Gasteiger partial charge is 0.324 e. The zero-order chi connectivity index (χ0) is 13.1. The average Bonchev–Trinajstić information content (AvgIpc) is 2.27. The standard InChI is InChI=1S/C13H16N4S/c1-8-6-9(2)17-13(16-8)18-12-7-11(10(3)14)4-5-15-12/h4-7,10H,14H2,1-3H3/t10-/m0/s1. The first-order chi connectivity index (χ1) is 8.54. The van der Waals surface area contributed by atoms with Crippen molar-refractivity contribution < 1.29 is 0 Å². The molecule has 18 heavy (non-hydrogen) atoms. The first-order valence-corrected chi connectivity index (χ1v) is 6.58. The van der Waals surface area contributed by atoms with Gasteiger partial charge in [0.05, 0.1) is 0 Å². The zero-order valence-electron chi connectivity index (χ0n) is 10.7. The van der Waals surface area contributed by atoms with Crippen LogP contribution in [0.4, 0.5) is 0 Å². The number of pyridine rings is 1. The van der Waals surface area contributed by atoms with E-state index in [1.165, 1.54) is 11.8 Å². The molecule has 0 aromatic carbocycles. The predicted molar refractivity (Wildman–Crippen MR) is 72.5 cm³/mol. The molecule has 0 aliphatic carbocycles. The Kier molecular flexibility index (Phi) is 3.93. The zero-order valence-corrected chi connectivity index (χ0v) is 11.5. The van der Waals surface area contributed by atoms with Crippen molar-refractivity contribution in [2.24, 2.45) is 5.73 Å². The van der Waals surface area contributed by atoms with Gasteiger partial charge in [-0.2, -0.15) is 0 Å². The SMILES string of the molecule is Cc1cc(C)nc(Sc2cc([C@H](C)N)ccn2)n1. The smallest absolute Gasteiger partial charge is 0.194 e. The lowest BCUT2D eigenvalue weighted by atomic mass is 10.1. The number of hydrogen-bond acceptors (Lipinski definition) is 5. The van der Waals surface area contributed by atoms with Crippen LogP contribution in [0.25, 0.3) is 0 Å². The molecule has 0 saturated heterocycles. The van der Waals surface area contributed by atoms with Gasteiger partial charge in [-0.1, -0.05) is 0 Å². The summed E-state index contributed by atoms with van der Waals surface area (Å²) in [4.78, 5) is 13.1. The van der Waals surface area contributed by atoms with Gasteiger partial charge in [-0.3, -0.25) is 0 Å². The maximum absolute atomic E-state index is 5.86. The molecule has 0 radical (unpaired) electrons. The van der Waals surface area contributed by atoms with Crippen molar-refractivity contribution in [3.63, 3.8) is 0 Å². The van der Waals surface area contributed by atoms with Crippen LogP contribution in [0.3, 0.4) is 0 Å². The Balaban J connectivity index is 2.25. The van der Waals surface area contributed by atoms with E-state index >= 15 is 0 Å². The second kappa shape index (κ2) is 5.46. The third kappa shape index (κ3) is 3.27. The van der Waals surface area contributed by atoms with Crippen molar-refractivity contribution in [1.29, 1.82) is 0 Å². The fourth-order valence-electron chi connectivity index (χ4n) is 1.60. The third-order valence-electron chi connectivity index (χ3n) is 2.44. The van der Waals surface area contributed by atoms with Crippen LogP contribution in [-0.4, -0.2) is 15.0 Å². The first-order valence-electron chi connectivity index (χ1n) is 5.76. The fourth-order valence-corrected chi connectivity index (χ4v) is 2.47. The number of aromatic nitrogens is 3. The Morgan fingerprint density at radius 3 is 2.44 bits per heavy atom. The molecule has 2 aromatic rings.